The normalized spacial score (nSPS) is 16.7. The lowest BCUT2D eigenvalue weighted by molar-refractivity contribution is -0.137. The lowest BCUT2D eigenvalue weighted by Crippen LogP contribution is -2.44. The minimum Gasteiger partial charge on any atom is -0.386 e. The van der Waals surface area contributed by atoms with Crippen LogP contribution in [0.15, 0.2) is 95.2 Å². The molecular weight excluding hydrogens is 508 g/mol. The number of nitrogens with zero attached hydrogens (tertiary/aromatic N) is 3. The number of hydrogen-bond donors (Lipinski definition) is 1. The van der Waals surface area contributed by atoms with Crippen LogP contribution in [-0.2, 0) is 18.0 Å². The van der Waals surface area contributed by atoms with E-state index in [0.717, 1.165) is 17.7 Å². The summed E-state index contributed by atoms with van der Waals surface area (Å²) >= 11 is 0. The smallest absolute Gasteiger partial charge is 0.386 e. The first-order valence-corrected chi connectivity index (χ1v) is 12.6. The molecule has 1 fully saturated rings. The van der Waals surface area contributed by atoms with E-state index < -0.39 is 29.0 Å². The van der Waals surface area contributed by atoms with Crippen LogP contribution in [0.2, 0.25) is 0 Å². The molecule has 1 aliphatic rings. The van der Waals surface area contributed by atoms with Crippen LogP contribution < -0.4 is 5.32 Å². The van der Waals surface area contributed by atoms with Crippen LogP contribution >= 0.6 is 0 Å². The molecule has 1 atom stereocenters. The zero-order chi connectivity index (χ0) is 28.5. The lowest BCUT2D eigenvalue weighted by atomic mass is 9.71. The topological polar surface area (TPSA) is 57.1 Å². The van der Waals surface area contributed by atoms with Crippen molar-refractivity contribution in [2.75, 3.05) is 19.6 Å². The molecule has 2 aromatic rings. The predicted octanol–water partition coefficient (Wildman–Crippen LogP) is 6.88. The van der Waals surface area contributed by atoms with Gasteiger partial charge in [-0.15, -0.1) is 0 Å². The molecule has 0 aromatic heterocycles. The molecule has 1 aliphatic heterocycles. The van der Waals surface area contributed by atoms with Gasteiger partial charge in [0.25, 0.3) is 0 Å². The number of nitrogens with one attached hydrogen (secondary N) is 1. The van der Waals surface area contributed by atoms with Gasteiger partial charge in [-0.1, -0.05) is 56.0 Å². The Hall–Kier alpha value is -4.01. The maximum atomic E-state index is 14.8. The molecule has 39 heavy (non-hydrogen) atoms. The summed E-state index contributed by atoms with van der Waals surface area (Å²) in [5.41, 5.74) is -0.979. The van der Waals surface area contributed by atoms with E-state index in [9.17, 15) is 22.4 Å². The molecule has 1 saturated heterocycles. The summed E-state index contributed by atoms with van der Waals surface area (Å²) in [5, 5.41) is 3.06. The Kier molecular flexibility index (Phi) is 9.98. The van der Waals surface area contributed by atoms with Gasteiger partial charge in [0.1, 0.15) is 5.82 Å². The zero-order valence-corrected chi connectivity index (χ0v) is 22.0. The minimum absolute atomic E-state index is 0.0241. The van der Waals surface area contributed by atoms with Crippen molar-refractivity contribution in [3.8, 4) is 0 Å². The second-order valence-electron chi connectivity index (χ2n) is 9.16. The summed E-state index contributed by atoms with van der Waals surface area (Å²) in [4.78, 5) is 23.4. The third-order valence-electron chi connectivity index (χ3n) is 6.20. The van der Waals surface area contributed by atoms with Gasteiger partial charge >= 0.3 is 12.2 Å². The standard InChI is InChI=1S/C30H32F4N4O/c1-4-6-12-27(36-13-5-2)29(19-23-10-8-7-9-11-23,21-37-28(39)38-15-14-35-22(3)20-38)24-16-25(30(32,33)34)18-26(31)17-24/h5-13,16-18,21,35H,3-4,14-15,19-20H2,1-2H3/b12-6-,13-5+,36-27+,37-21?. The molecule has 5 nitrogen and oxygen atoms in total. The van der Waals surface area contributed by atoms with Crippen LogP contribution in [0.3, 0.4) is 0 Å². The Labute approximate surface area is 226 Å². The number of carbonyl (C=O) groups is 1. The molecule has 2 aromatic carbocycles. The third-order valence-corrected chi connectivity index (χ3v) is 6.20. The number of hydrogen-bond acceptors (Lipinski definition) is 3. The van der Waals surface area contributed by atoms with Crippen molar-refractivity contribution in [3.63, 3.8) is 0 Å². The SMILES string of the molecule is C=C1CN(C(=O)N=CC(Cc2ccccc2)(C(/C=C\CC)=N/C=C/C)c2cc(F)cc(C(F)(F)F)c2)CCN1. The second-order valence-corrected chi connectivity index (χ2v) is 9.16. The van der Waals surface area contributed by atoms with Crippen molar-refractivity contribution in [3.05, 3.63) is 108 Å². The van der Waals surface area contributed by atoms with Gasteiger partial charge in [-0.2, -0.15) is 13.2 Å². The predicted molar refractivity (Wildman–Crippen MR) is 148 cm³/mol. The number of urea groups is 1. The molecular formula is C30H32F4N4O. The van der Waals surface area contributed by atoms with Crippen LogP contribution in [-0.4, -0.2) is 42.5 Å². The highest BCUT2D eigenvalue weighted by Crippen LogP contribution is 2.36. The van der Waals surface area contributed by atoms with E-state index in [4.69, 9.17) is 0 Å². The van der Waals surface area contributed by atoms with Gasteiger partial charge < -0.3 is 10.2 Å². The maximum Gasteiger partial charge on any atom is 0.416 e. The van der Waals surface area contributed by atoms with Crippen LogP contribution in [0.4, 0.5) is 22.4 Å². The summed E-state index contributed by atoms with van der Waals surface area (Å²) < 4.78 is 56.3. The Morgan fingerprint density at radius 2 is 1.87 bits per heavy atom. The van der Waals surface area contributed by atoms with E-state index in [1.54, 1.807) is 31.2 Å². The average molecular weight is 541 g/mol. The van der Waals surface area contributed by atoms with Crippen molar-refractivity contribution in [2.45, 2.75) is 38.3 Å². The maximum absolute atomic E-state index is 14.8. The number of benzene rings is 2. The zero-order valence-electron chi connectivity index (χ0n) is 22.0. The number of halogens is 4. The number of amides is 2. The van der Waals surface area contributed by atoms with Crippen LogP contribution in [0, 0.1) is 5.82 Å². The van der Waals surface area contributed by atoms with Crippen molar-refractivity contribution in [1.82, 2.24) is 10.2 Å². The number of carbonyl (C=O) groups excluding carboxylic acids is 1. The van der Waals surface area contributed by atoms with Crippen molar-refractivity contribution >= 4 is 18.0 Å². The van der Waals surface area contributed by atoms with E-state index in [0.29, 0.717) is 37.0 Å². The molecule has 0 aliphatic carbocycles. The van der Waals surface area contributed by atoms with Gasteiger partial charge in [0, 0.05) is 31.2 Å². The van der Waals surface area contributed by atoms with Crippen molar-refractivity contribution in [2.24, 2.45) is 9.98 Å². The number of piperazine rings is 1. The molecule has 1 N–H and O–H groups in total. The van der Waals surface area contributed by atoms with E-state index in [1.807, 2.05) is 31.2 Å². The highest BCUT2D eigenvalue weighted by atomic mass is 19.4. The Bertz CT molecular complexity index is 1280. The molecule has 1 heterocycles. The Morgan fingerprint density at radius 1 is 1.15 bits per heavy atom. The first-order chi connectivity index (χ1) is 18.6. The third kappa shape index (κ3) is 7.75. The first kappa shape index (κ1) is 29.5. The monoisotopic (exact) mass is 540 g/mol. The lowest BCUT2D eigenvalue weighted by Gasteiger charge is -2.33. The quantitative estimate of drug-likeness (QED) is 0.293. The second kappa shape index (κ2) is 13.2. The van der Waals surface area contributed by atoms with E-state index in [2.05, 4.69) is 21.9 Å². The van der Waals surface area contributed by atoms with Crippen molar-refractivity contribution in [1.29, 1.82) is 0 Å². The molecule has 2 amide bonds. The molecule has 0 spiro atoms. The number of alkyl halides is 3. The number of rotatable bonds is 8. The van der Waals surface area contributed by atoms with E-state index in [1.165, 1.54) is 17.3 Å². The highest BCUT2D eigenvalue weighted by Gasteiger charge is 2.39. The van der Waals surface area contributed by atoms with Gasteiger partial charge in [0.2, 0.25) is 0 Å². The molecule has 0 bridgehead atoms. The number of aliphatic imine (C=N–C) groups is 2. The molecule has 3 rings (SSSR count). The fourth-order valence-corrected chi connectivity index (χ4v) is 4.29. The summed E-state index contributed by atoms with van der Waals surface area (Å²) in [6.07, 6.45) is 3.89. The van der Waals surface area contributed by atoms with E-state index in [-0.39, 0.29) is 18.5 Å². The summed E-state index contributed by atoms with van der Waals surface area (Å²) in [6.45, 7) is 8.64. The molecule has 206 valence electrons. The van der Waals surface area contributed by atoms with Crippen LogP contribution in [0.1, 0.15) is 37.0 Å². The fraction of sp³-hybridized carbons (Fsp3) is 0.300. The van der Waals surface area contributed by atoms with Gasteiger partial charge in [-0.3, -0.25) is 4.99 Å². The fourth-order valence-electron chi connectivity index (χ4n) is 4.29. The van der Waals surface area contributed by atoms with Crippen LogP contribution in [0.5, 0.6) is 0 Å². The van der Waals surface area contributed by atoms with Gasteiger partial charge in [0.05, 0.1) is 23.2 Å². The molecule has 0 radical (unpaired) electrons. The largest absolute Gasteiger partial charge is 0.416 e. The first-order valence-electron chi connectivity index (χ1n) is 12.6. The van der Waals surface area contributed by atoms with Gasteiger partial charge in [0.15, 0.2) is 0 Å². The Balaban J connectivity index is 2.32. The summed E-state index contributed by atoms with van der Waals surface area (Å²) in [7, 11) is 0. The Morgan fingerprint density at radius 3 is 2.51 bits per heavy atom. The van der Waals surface area contributed by atoms with Crippen LogP contribution in [0.25, 0.3) is 0 Å². The minimum atomic E-state index is -4.79. The van der Waals surface area contributed by atoms with E-state index >= 15 is 0 Å². The molecule has 1 unspecified atom stereocenters. The average Bonchev–Trinajstić information content (AvgIpc) is 2.91. The highest BCUT2D eigenvalue weighted by molar-refractivity contribution is 6.16. The van der Waals surface area contributed by atoms with Gasteiger partial charge in [-0.05, 0) is 55.2 Å². The molecule has 0 saturated carbocycles. The summed E-state index contributed by atoms with van der Waals surface area (Å²) in [5.74, 6) is -1.06. The number of allylic oxidation sites excluding steroid dienone is 3. The van der Waals surface area contributed by atoms with Crippen molar-refractivity contribution < 1.29 is 22.4 Å². The van der Waals surface area contributed by atoms with Gasteiger partial charge in [-0.25, -0.2) is 14.2 Å². The summed E-state index contributed by atoms with van der Waals surface area (Å²) in [6, 6.07) is 10.9. The molecule has 9 heteroatoms.